The largest absolute Gasteiger partial charge is 0.355 e. The molecule has 0 spiro atoms. The number of aryl methyl sites for hydroxylation is 1. The van der Waals surface area contributed by atoms with Crippen LogP contribution in [0.2, 0.25) is 0 Å². The first-order chi connectivity index (χ1) is 7.27. The number of hydrogen-bond donors (Lipinski definition) is 2. The van der Waals surface area contributed by atoms with Crippen LogP contribution in [0.15, 0.2) is 23.2 Å². The molecule has 1 aromatic carbocycles. The maximum atomic E-state index is 4.30. The summed E-state index contributed by atoms with van der Waals surface area (Å²) in [5.41, 5.74) is 4.05. The van der Waals surface area contributed by atoms with Crippen molar-refractivity contribution < 1.29 is 0 Å². The van der Waals surface area contributed by atoms with Crippen LogP contribution in [0.5, 0.6) is 0 Å². The van der Waals surface area contributed by atoms with Gasteiger partial charge in [-0.15, -0.1) is 0 Å². The minimum absolute atomic E-state index is 0.847. The average molecular weight is 203 g/mol. The van der Waals surface area contributed by atoms with Crippen LogP contribution < -0.4 is 10.6 Å². The van der Waals surface area contributed by atoms with Gasteiger partial charge in [0.15, 0.2) is 5.96 Å². The lowest BCUT2D eigenvalue weighted by Crippen LogP contribution is -2.33. The van der Waals surface area contributed by atoms with E-state index in [1.807, 2.05) is 0 Å². The van der Waals surface area contributed by atoms with E-state index in [1.165, 1.54) is 16.7 Å². The van der Waals surface area contributed by atoms with Crippen molar-refractivity contribution >= 4 is 5.96 Å². The van der Waals surface area contributed by atoms with Crippen molar-refractivity contribution in [3.63, 3.8) is 0 Å². The SMILES string of the molecule is Cc1cccc(CNC2=NCCN2)c1C. The second-order valence-corrected chi connectivity index (χ2v) is 3.87. The smallest absolute Gasteiger partial charge is 0.191 e. The molecule has 0 fully saturated rings. The first-order valence-corrected chi connectivity index (χ1v) is 5.34. The number of guanidine groups is 1. The molecule has 2 N–H and O–H groups in total. The van der Waals surface area contributed by atoms with Gasteiger partial charge in [-0.3, -0.25) is 4.99 Å². The Morgan fingerprint density at radius 2 is 2.27 bits per heavy atom. The predicted octanol–water partition coefficient (Wildman–Crippen LogP) is 1.35. The lowest BCUT2D eigenvalue weighted by molar-refractivity contribution is 0.860. The summed E-state index contributed by atoms with van der Waals surface area (Å²) in [6.45, 7) is 6.99. The van der Waals surface area contributed by atoms with E-state index in [4.69, 9.17) is 0 Å². The molecule has 0 unspecified atom stereocenters. The van der Waals surface area contributed by atoms with Gasteiger partial charge in [0.05, 0.1) is 6.54 Å². The van der Waals surface area contributed by atoms with Crippen molar-refractivity contribution in [2.75, 3.05) is 13.1 Å². The maximum absolute atomic E-state index is 4.30. The molecule has 1 aliphatic heterocycles. The summed E-state index contributed by atoms with van der Waals surface area (Å²) in [5, 5.41) is 6.50. The van der Waals surface area contributed by atoms with Gasteiger partial charge in [-0.1, -0.05) is 18.2 Å². The van der Waals surface area contributed by atoms with Crippen LogP contribution in [0.1, 0.15) is 16.7 Å². The number of aliphatic imine (C=N–C) groups is 1. The summed E-state index contributed by atoms with van der Waals surface area (Å²) in [4.78, 5) is 4.30. The molecular formula is C12H17N3. The summed E-state index contributed by atoms with van der Waals surface area (Å²) in [5.74, 6) is 0.927. The number of hydrogen-bond acceptors (Lipinski definition) is 3. The van der Waals surface area contributed by atoms with Gasteiger partial charge in [0, 0.05) is 13.1 Å². The van der Waals surface area contributed by atoms with Gasteiger partial charge in [0.25, 0.3) is 0 Å². The molecule has 2 rings (SSSR count). The van der Waals surface area contributed by atoms with Gasteiger partial charge < -0.3 is 10.6 Å². The van der Waals surface area contributed by atoms with E-state index < -0.39 is 0 Å². The van der Waals surface area contributed by atoms with Crippen molar-refractivity contribution in [1.29, 1.82) is 0 Å². The van der Waals surface area contributed by atoms with Crippen molar-refractivity contribution in [3.05, 3.63) is 34.9 Å². The fraction of sp³-hybridized carbons (Fsp3) is 0.417. The summed E-state index contributed by atoms with van der Waals surface area (Å²) in [6.07, 6.45) is 0. The summed E-state index contributed by atoms with van der Waals surface area (Å²) >= 11 is 0. The van der Waals surface area contributed by atoms with Crippen LogP contribution in [-0.2, 0) is 6.54 Å². The zero-order valence-electron chi connectivity index (χ0n) is 9.30. The fourth-order valence-corrected chi connectivity index (χ4v) is 1.70. The van der Waals surface area contributed by atoms with Gasteiger partial charge in [0.2, 0.25) is 0 Å². The molecule has 1 aromatic rings. The van der Waals surface area contributed by atoms with Crippen molar-refractivity contribution in [3.8, 4) is 0 Å². The highest BCUT2D eigenvalue weighted by molar-refractivity contribution is 5.81. The molecule has 0 aromatic heterocycles. The quantitative estimate of drug-likeness (QED) is 0.761. The second-order valence-electron chi connectivity index (χ2n) is 3.87. The second kappa shape index (κ2) is 4.34. The highest BCUT2D eigenvalue weighted by atomic mass is 15.2. The third-order valence-corrected chi connectivity index (χ3v) is 2.84. The monoisotopic (exact) mass is 203 g/mol. The maximum Gasteiger partial charge on any atom is 0.191 e. The minimum atomic E-state index is 0.847. The minimum Gasteiger partial charge on any atom is -0.355 e. The Morgan fingerprint density at radius 3 is 3.00 bits per heavy atom. The first kappa shape index (κ1) is 10.0. The van der Waals surface area contributed by atoms with E-state index in [0.717, 1.165) is 25.6 Å². The Morgan fingerprint density at radius 1 is 1.40 bits per heavy atom. The van der Waals surface area contributed by atoms with E-state index in [2.05, 4.69) is 47.7 Å². The zero-order valence-corrected chi connectivity index (χ0v) is 9.30. The Balaban J connectivity index is 2.01. The molecule has 1 heterocycles. The summed E-state index contributed by atoms with van der Waals surface area (Å²) < 4.78 is 0. The normalized spacial score (nSPS) is 14.7. The number of rotatable bonds is 2. The lowest BCUT2D eigenvalue weighted by Gasteiger charge is -2.10. The zero-order chi connectivity index (χ0) is 10.7. The topological polar surface area (TPSA) is 36.4 Å². The first-order valence-electron chi connectivity index (χ1n) is 5.34. The summed E-state index contributed by atoms with van der Waals surface area (Å²) in [6, 6.07) is 6.40. The van der Waals surface area contributed by atoms with E-state index in [1.54, 1.807) is 0 Å². The highest BCUT2D eigenvalue weighted by Crippen LogP contribution is 2.12. The van der Waals surface area contributed by atoms with Gasteiger partial charge >= 0.3 is 0 Å². The lowest BCUT2D eigenvalue weighted by atomic mass is 10.0. The van der Waals surface area contributed by atoms with Crippen LogP contribution in [0.4, 0.5) is 0 Å². The van der Waals surface area contributed by atoms with Gasteiger partial charge in [-0.2, -0.15) is 0 Å². The average Bonchev–Trinajstić information content (AvgIpc) is 2.73. The molecule has 1 aliphatic rings. The molecule has 15 heavy (non-hydrogen) atoms. The van der Waals surface area contributed by atoms with Crippen LogP contribution in [0, 0.1) is 13.8 Å². The van der Waals surface area contributed by atoms with Crippen molar-refractivity contribution in [2.24, 2.45) is 4.99 Å². The van der Waals surface area contributed by atoms with Gasteiger partial charge in [-0.05, 0) is 30.5 Å². The van der Waals surface area contributed by atoms with E-state index in [9.17, 15) is 0 Å². The predicted molar refractivity (Wildman–Crippen MR) is 63.1 cm³/mol. The van der Waals surface area contributed by atoms with Crippen LogP contribution in [0.3, 0.4) is 0 Å². The molecule has 0 atom stereocenters. The number of nitrogens with zero attached hydrogens (tertiary/aromatic N) is 1. The molecule has 0 saturated carbocycles. The van der Waals surface area contributed by atoms with Gasteiger partial charge in [-0.25, -0.2) is 0 Å². The molecular weight excluding hydrogens is 186 g/mol. The van der Waals surface area contributed by atoms with Crippen LogP contribution in [-0.4, -0.2) is 19.0 Å². The number of benzene rings is 1. The Kier molecular flexibility index (Phi) is 2.90. The molecule has 3 nitrogen and oxygen atoms in total. The number of nitrogens with one attached hydrogen (secondary N) is 2. The molecule has 3 heteroatoms. The molecule has 0 radical (unpaired) electrons. The van der Waals surface area contributed by atoms with Crippen LogP contribution >= 0.6 is 0 Å². The van der Waals surface area contributed by atoms with E-state index in [0.29, 0.717) is 0 Å². The molecule has 80 valence electrons. The Hall–Kier alpha value is -1.51. The fourth-order valence-electron chi connectivity index (χ4n) is 1.70. The summed E-state index contributed by atoms with van der Waals surface area (Å²) in [7, 11) is 0. The van der Waals surface area contributed by atoms with E-state index in [-0.39, 0.29) is 0 Å². The van der Waals surface area contributed by atoms with E-state index >= 15 is 0 Å². The highest BCUT2D eigenvalue weighted by Gasteiger charge is 2.05. The Labute approximate surface area is 90.6 Å². The third-order valence-electron chi connectivity index (χ3n) is 2.84. The standard InChI is InChI=1S/C12H17N3/c1-9-4-3-5-11(10(9)2)8-15-12-13-6-7-14-12/h3-5H,6-8H2,1-2H3,(H2,13,14,15). The Bertz CT molecular complexity index is 382. The van der Waals surface area contributed by atoms with Crippen LogP contribution in [0.25, 0.3) is 0 Å². The van der Waals surface area contributed by atoms with Crippen molar-refractivity contribution in [2.45, 2.75) is 20.4 Å². The molecule has 0 amide bonds. The molecule has 0 bridgehead atoms. The molecule has 0 saturated heterocycles. The molecule has 0 aliphatic carbocycles. The third kappa shape index (κ3) is 2.29. The van der Waals surface area contributed by atoms with Crippen molar-refractivity contribution in [1.82, 2.24) is 10.6 Å². The van der Waals surface area contributed by atoms with Gasteiger partial charge in [0.1, 0.15) is 0 Å².